The normalized spacial score (nSPS) is 20.4. The standard InChI is InChI=1S/C21H28N4O2S/c1-2-12-24-20(19-15-26-17-10-6-7-11-18(17)27-19)22-25(21(24)28)16-23-13-8-4-3-5-9-14-23/h2,6-7,10-11,19H,1,3-5,8-9,12-16H2/p+1/t19-/m1/s1. The highest BCUT2D eigenvalue weighted by Crippen LogP contribution is 2.35. The number of aromatic nitrogens is 3. The maximum absolute atomic E-state index is 6.19. The molecule has 0 spiro atoms. The summed E-state index contributed by atoms with van der Waals surface area (Å²) in [7, 11) is 0. The molecule has 1 aromatic carbocycles. The summed E-state index contributed by atoms with van der Waals surface area (Å²) in [6.07, 6.45) is 8.16. The summed E-state index contributed by atoms with van der Waals surface area (Å²) in [6, 6.07) is 7.74. The third kappa shape index (κ3) is 4.15. The zero-order valence-electron chi connectivity index (χ0n) is 16.3. The second-order valence-electron chi connectivity index (χ2n) is 7.58. The van der Waals surface area contributed by atoms with Crippen LogP contribution in [0.2, 0.25) is 0 Å². The summed E-state index contributed by atoms with van der Waals surface area (Å²) in [5.74, 6) is 2.33. The van der Waals surface area contributed by atoms with Crippen molar-refractivity contribution >= 4 is 12.2 Å². The summed E-state index contributed by atoms with van der Waals surface area (Å²) < 4.78 is 16.8. The molecule has 2 aromatic rings. The zero-order chi connectivity index (χ0) is 19.3. The van der Waals surface area contributed by atoms with Crippen LogP contribution in [0.5, 0.6) is 11.5 Å². The molecule has 28 heavy (non-hydrogen) atoms. The van der Waals surface area contributed by atoms with Gasteiger partial charge in [-0.1, -0.05) is 24.6 Å². The maximum atomic E-state index is 6.19. The van der Waals surface area contributed by atoms with Crippen molar-refractivity contribution in [2.24, 2.45) is 0 Å². The molecule has 0 radical (unpaired) electrons. The molecule has 4 rings (SSSR count). The van der Waals surface area contributed by atoms with Gasteiger partial charge < -0.3 is 14.4 Å². The van der Waals surface area contributed by atoms with Crippen LogP contribution < -0.4 is 14.4 Å². The van der Waals surface area contributed by atoms with Gasteiger partial charge in [0.2, 0.25) is 4.77 Å². The molecule has 0 bridgehead atoms. The van der Waals surface area contributed by atoms with Crippen molar-refractivity contribution in [1.29, 1.82) is 0 Å². The lowest BCUT2D eigenvalue weighted by Crippen LogP contribution is -3.11. The summed E-state index contributed by atoms with van der Waals surface area (Å²) >= 11 is 5.76. The number of ether oxygens (including phenoxy) is 2. The van der Waals surface area contributed by atoms with E-state index >= 15 is 0 Å². The van der Waals surface area contributed by atoms with E-state index in [9.17, 15) is 0 Å². The minimum atomic E-state index is -0.278. The number of allylic oxidation sites excluding steroid dienone is 1. The number of hydrogen-bond acceptors (Lipinski definition) is 4. The Kier molecular flexibility index (Phi) is 6.12. The molecule has 1 aromatic heterocycles. The highest BCUT2D eigenvalue weighted by Gasteiger charge is 2.28. The Morgan fingerprint density at radius 3 is 2.61 bits per heavy atom. The van der Waals surface area contributed by atoms with Gasteiger partial charge in [0.15, 0.2) is 30.1 Å². The van der Waals surface area contributed by atoms with Crippen LogP contribution in [0.25, 0.3) is 0 Å². The summed E-state index contributed by atoms with van der Waals surface area (Å²) in [6.45, 7) is 8.10. The van der Waals surface area contributed by atoms with Crippen LogP contribution in [0.4, 0.5) is 0 Å². The van der Waals surface area contributed by atoms with E-state index in [-0.39, 0.29) is 6.10 Å². The molecule has 150 valence electrons. The van der Waals surface area contributed by atoms with Crippen LogP contribution in [0.15, 0.2) is 36.9 Å². The van der Waals surface area contributed by atoms with Crippen molar-refractivity contribution in [2.45, 2.75) is 51.4 Å². The second kappa shape index (κ2) is 8.92. The molecular formula is C21H29N4O2S+. The number of quaternary nitrogens is 1. The molecule has 1 N–H and O–H groups in total. The van der Waals surface area contributed by atoms with Gasteiger partial charge in [0.1, 0.15) is 6.61 Å². The summed E-state index contributed by atoms with van der Waals surface area (Å²) in [4.78, 5) is 1.55. The van der Waals surface area contributed by atoms with Crippen molar-refractivity contribution in [1.82, 2.24) is 14.3 Å². The number of nitrogens with zero attached hydrogens (tertiary/aromatic N) is 3. The average Bonchev–Trinajstić information content (AvgIpc) is 2.99. The van der Waals surface area contributed by atoms with Crippen molar-refractivity contribution < 1.29 is 14.4 Å². The van der Waals surface area contributed by atoms with E-state index in [1.54, 1.807) is 4.90 Å². The minimum Gasteiger partial charge on any atom is -0.485 e. The average molecular weight is 402 g/mol. The molecule has 3 heterocycles. The fraction of sp³-hybridized carbons (Fsp3) is 0.524. The lowest BCUT2D eigenvalue weighted by atomic mass is 10.1. The van der Waals surface area contributed by atoms with Gasteiger partial charge in [0.05, 0.1) is 13.1 Å². The van der Waals surface area contributed by atoms with Crippen LogP contribution in [-0.4, -0.2) is 34.0 Å². The van der Waals surface area contributed by atoms with Gasteiger partial charge in [0.25, 0.3) is 0 Å². The predicted molar refractivity (Wildman–Crippen MR) is 110 cm³/mol. The van der Waals surface area contributed by atoms with E-state index in [2.05, 4.69) is 6.58 Å². The van der Waals surface area contributed by atoms with Crippen LogP contribution in [-0.2, 0) is 13.2 Å². The molecule has 0 unspecified atom stereocenters. The first-order chi connectivity index (χ1) is 13.8. The summed E-state index contributed by atoms with van der Waals surface area (Å²) in [5, 5.41) is 4.87. The lowest BCUT2D eigenvalue weighted by Gasteiger charge is -2.25. The Morgan fingerprint density at radius 1 is 1.14 bits per heavy atom. The van der Waals surface area contributed by atoms with E-state index in [0.29, 0.717) is 13.2 Å². The number of nitrogens with one attached hydrogen (secondary N) is 1. The zero-order valence-corrected chi connectivity index (χ0v) is 17.1. The van der Waals surface area contributed by atoms with Crippen LogP contribution in [0.1, 0.15) is 44.0 Å². The van der Waals surface area contributed by atoms with Crippen LogP contribution >= 0.6 is 12.2 Å². The van der Waals surface area contributed by atoms with Gasteiger partial charge >= 0.3 is 0 Å². The molecule has 0 aliphatic carbocycles. The molecule has 7 heteroatoms. The van der Waals surface area contributed by atoms with Crippen LogP contribution in [0, 0.1) is 4.77 Å². The molecule has 6 nitrogen and oxygen atoms in total. The SMILES string of the molecule is C=CCn1c([C@H]2COc3ccccc3O2)nn(C[NH+]2CCCCCCC2)c1=S. The highest BCUT2D eigenvalue weighted by molar-refractivity contribution is 7.71. The quantitative estimate of drug-likeness (QED) is 0.618. The molecule has 1 fully saturated rings. The van der Waals surface area contributed by atoms with Crippen molar-refractivity contribution in [3.05, 3.63) is 47.5 Å². The highest BCUT2D eigenvalue weighted by atomic mass is 32.1. The van der Waals surface area contributed by atoms with E-state index in [0.717, 1.165) is 28.8 Å². The number of para-hydroxylation sites is 2. The second-order valence-corrected chi connectivity index (χ2v) is 7.94. The van der Waals surface area contributed by atoms with E-state index in [4.69, 9.17) is 26.8 Å². The van der Waals surface area contributed by atoms with Gasteiger partial charge in [0, 0.05) is 6.54 Å². The molecule has 2 aliphatic rings. The number of benzene rings is 1. The van der Waals surface area contributed by atoms with Crippen molar-refractivity contribution in [2.75, 3.05) is 19.7 Å². The van der Waals surface area contributed by atoms with Crippen molar-refractivity contribution in [3.8, 4) is 11.5 Å². The van der Waals surface area contributed by atoms with E-state index < -0.39 is 0 Å². The number of likely N-dealkylation sites (tertiary alicyclic amines) is 1. The van der Waals surface area contributed by atoms with Gasteiger partial charge in [-0.2, -0.15) is 4.68 Å². The third-order valence-corrected chi connectivity index (χ3v) is 5.92. The predicted octanol–water partition coefficient (Wildman–Crippen LogP) is 2.92. The first-order valence-corrected chi connectivity index (χ1v) is 10.7. The van der Waals surface area contributed by atoms with Gasteiger partial charge in [-0.05, 0) is 50.0 Å². The van der Waals surface area contributed by atoms with Crippen molar-refractivity contribution in [3.63, 3.8) is 0 Å². The topological polar surface area (TPSA) is 45.6 Å². The fourth-order valence-corrected chi connectivity index (χ4v) is 4.30. The minimum absolute atomic E-state index is 0.278. The Morgan fingerprint density at radius 2 is 1.86 bits per heavy atom. The first-order valence-electron chi connectivity index (χ1n) is 10.3. The van der Waals surface area contributed by atoms with E-state index in [1.807, 2.05) is 39.6 Å². The summed E-state index contributed by atoms with van der Waals surface area (Å²) in [5.41, 5.74) is 0. The lowest BCUT2D eigenvalue weighted by molar-refractivity contribution is -0.924. The van der Waals surface area contributed by atoms with E-state index in [1.165, 1.54) is 45.2 Å². The Bertz CT molecular complexity index is 868. The fourth-order valence-electron chi connectivity index (χ4n) is 4.02. The molecule has 1 saturated heterocycles. The first kappa shape index (κ1) is 19.2. The smallest absolute Gasteiger partial charge is 0.203 e. The molecule has 0 amide bonds. The number of rotatable bonds is 5. The molecular weight excluding hydrogens is 372 g/mol. The van der Waals surface area contributed by atoms with Gasteiger partial charge in [-0.3, -0.25) is 4.57 Å². The maximum Gasteiger partial charge on any atom is 0.203 e. The molecule has 1 atom stereocenters. The number of hydrogen-bond donors (Lipinski definition) is 1. The van der Waals surface area contributed by atoms with Gasteiger partial charge in [-0.15, -0.1) is 11.7 Å². The third-order valence-electron chi connectivity index (χ3n) is 5.49. The molecule has 0 saturated carbocycles. The monoisotopic (exact) mass is 401 g/mol. The molecule has 2 aliphatic heterocycles. The number of fused-ring (bicyclic) bond motifs is 1. The Balaban J connectivity index is 1.58. The van der Waals surface area contributed by atoms with Crippen LogP contribution in [0.3, 0.4) is 0 Å². The Hall–Kier alpha value is -2.12. The largest absolute Gasteiger partial charge is 0.485 e. The Labute approximate surface area is 171 Å². The van der Waals surface area contributed by atoms with Gasteiger partial charge in [-0.25, -0.2) is 0 Å².